The summed E-state index contributed by atoms with van der Waals surface area (Å²) in [5.41, 5.74) is 0.467. The highest BCUT2D eigenvalue weighted by atomic mass is 19.1. The minimum absolute atomic E-state index is 0.168. The van der Waals surface area contributed by atoms with Gasteiger partial charge in [0.15, 0.2) is 0 Å². The van der Waals surface area contributed by atoms with Gasteiger partial charge in [0.2, 0.25) is 5.82 Å². The monoisotopic (exact) mass is 238 g/mol. The van der Waals surface area contributed by atoms with Gasteiger partial charge >= 0.3 is 5.69 Å². The highest BCUT2D eigenvalue weighted by Crippen LogP contribution is 2.27. The number of anilines is 1. The molecule has 0 aliphatic heterocycles. The summed E-state index contributed by atoms with van der Waals surface area (Å²) in [6.45, 7) is 9.73. The van der Waals surface area contributed by atoms with Gasteiger partial charge in [-0.1, -0.05) is 27.4 Å². The van der Waals surface area contributed by atoms with Crippen LogP contribution in [0.4, 0.5) is 15.8 Å². The molecule has 0 aliphatic rings. The number of nitrogens with one attached hydrogen (secondary N) is 1. The molecule has 5 heteroatoms. The third kappa shape index (κ3) is 3.27. The summed E-state index contributed by atoms with van der Waals surface area (Å²) in [5.74, 6) is -0.860. The summed E-state index contributed by atoms with van der Waals surface area (Å²) in [7, 11) is 0. The fourth-order valence-electron chi connectivity index (χ4n) is 1.09. The molecule has 0 heterocycles. The van der Waals surface area contributed by atoms with E-state index < -0.39 is 16.4 Å². The molecule has 92 valence electrons. The Bertz CT molecular complexity index is 464. The van der Waals surface area contributed by atoms with E-state index in [1.807, 2.05) is 20.8 Å². The van der Waals surface area contributed by atoms with E-state index in [4.69, 9.17) is 0 Å². The second kappa shape index (κ2) is 4.53. The highest BCUT2D eigenvalue weighted by Gasteiger charge is 2.17. The molecule has 0 fully saturated rings. The van der Waals surface area contributed by atoms with Gasteiger partial charge < -0.3 is 5.32 Å². The van der Waals surface area contributed by atoms with Crippen LogP contribution in [0.1, 0.15) is 20.8 Å². The van der Waals surface area contributed by atoms with Gasteiger partial charge in [-0.2, -0.15) is 4.39 Å². The fourth-order valence-corrected chi connectivity index (χ4v) is 1.09. The Morgan fingerprint density at radius 2 is 2.06 bits per heavy atom. The van der Waals surface area contributed by atoms with Crippen LogP contribution in [0.5, 0.6) is 0 Å². The number of rotatable bonds is 3. The molecule has 0 amide bonds. The number of hydrogen-bond donors (Lipinski definition) is 1. The van der Waals surface area contributed by atoms with Crippen molar-refractivity contribution in [2.75, 3.05) is 5.32 Å². The highest BCUT2D eigenvalue weighted by molar-refractivity contribution is 5.53. The molecule has 4 nitrogen and oxygen atoms in total. The maximum absolute atomic E-state index is 13.3. The normalized spacial score (nSPS) is 11.1. The molecular weight excluding hydrogens is 223 g/mol. The number of benzene rings is 1. The van der Waals surface area contributed by atoms with Crippen LogP contribution in [-0.4, -0.2) is 4.92 Å². The summed E-state index contributed by atoms with van der Waals surface area (Å²) < 4.78 is 13.3. The van der Waals surface area contributed by atoms with Crippen LogP contribution in [0.2, 0.25) is 0 Å². The molecule has 0 saturated heterocycles. The predicted molar refractivity (Wildman–Crippen MR) is 65.3 cm³/mol. The molecule has 0 atom stereocenters. The average molecular weight is 238 g/mol. The summed E-state index contributed by atoms with van der Waals surface area (Å²) in [4.78, 5) is 9.69. The summed E-state index contributed by atoms with van der Waals surface area (Å²) in [6.07, 6.45) is 0. The number of halogens is 1. The van der Waals surface area contributed by atoms with Gasteiger partial charge in [0.1, 0.15) is 0 Å². The Morgan fingerprint density at radius 1 is 1.47 bits per heavy atom. The maximum Gasteiger partial charge on any atom is 0.304 e. The second-order valence-corrected chi connectivity index (χ2v) is 4.78. The van der Waals surface area contributed by atoms with Crippen LogP contribution in [0.15, 0.2) is 30.5 Å². The minimum atomic E-state index is -0.860. The lowest BCUT2D eigenvalue weighted by Gasteiger charge is -2.23. The maximum atomic E-state index is 13.3. The van der Waals surface area contributed by atoms with E-state index in [0.29, 0.717) is 11.4 Å². The molecule has 0 radical (unpaired) electrons. The number of nitro benzene ring substituents is 1. The molecular formula is C12H15FN2O2. The van der Waals surface area contributed by atoms with Gasteiger partial charge in [-0.3, -0.25) is 10.1 Å². The quantitative estimate of drug-likeness (QED) is 0.645. The zero-order valence-electron chi connectivity index (χ0n) is 10.1. The first-order valence-corrected chi connectivity index (χ1v) is 5.12. The van der Waals surface area contributed by atoms with E-state index in [9.17, 15) is 14.5 Å². The van der Waals surface area contributed by atoms with Crippen LogP contribution in [0.3, 0.4) is 0 Å². The molecule has 1 aromatic carbocycles. The van der Waals surface area contributed by atoms with Crippen molar-refractivity contribution in [3.63, 3.8) is 0 Å². The van der Waals surface area contributed by atoms with Crippen molar-refractivity contribution in [2.24, 2.45) is 5.41 Å². The van der Waals surface area contributed by atoms with E-state index in [0.717, 1.165) is 12.1 Å². The third-order valence-electron chi connectivity index (χ3n) is 2.34. The molecule has 0 aromatic heterocycles. The molecule has 0 unspecified atom stereocenters. The smallest absolute Gasteiger partial charge is 0.304 e. The Balaban J connectivity index is 2.92. The lowest BCUT2D eigenvalue weighted by molar-refractivity contribution is -0.387. The zero-order valence-corrected chi connectivity index (χ0v) is 10.1. The van der Waals surface area contributed by atoms with Crippen molar-refractivity contribution >= 4 is 11.4 Å². The SMILES string of the molecule is C=C(Nc1ccc([N+](=O)[O-])c(F)c1)C(C)(C)C. The average Bonchev–Trinajstić information content (AvgIpc) is 2.15. The molecule has 1 N–H and O–H groups in total. The Morgan fingerprint density at radius 3 is 2.47 bits per heavy atom. The second-order valence-electron chi connectivity index (χ2n) is 4.78. The van der Waals surface area contributed by atoms with Crippen molar-refractivity contribution in [2.45, 2.75) is 20.8 Å². The summed E-state index contributed by atoms with van der Waals surface area (Å²) in [5, 5.41) is 13.4. The Kier molecular flexibility index (Phi) is 3.50. The van der Waals surface area contributed by atoms with Crippen molar-refractivity contribution in [3.05, 3.63) is 46.4 Å². The van der Waals surface area contributed by atoms with Crippen LogP contribution >= 0.6 is 0 Å². The van der Waals surface area contributed by atoms with E-state index in [-0.39, 0.29) is 5.41 Å². The van der Waals surface area contributed by atoms with E-state index >= 15 is 0 Å². The van der Waals surface area contributed by atoms with E-state index in [1.54, 1.807) is 0 Å². The summed E-state index contributed by atoms with van der Waals surface area (Å²) in [6, 6.07) is 3.68. The van der Waals surface area contributed by atoms with Crippen molar-refractivity contribution < 1.29 is 9.31 Å². The van der Waals surface area contributed by atoms with Crippen LogP contribution < -0.4 is 5.32 Å². The minimum Gasteiger partial charge on any atom is -0.359 e. The van der Waals surface area contributed by atoms with E-state index in [2.05, 4.69) is 11.9 Å². The van der Waals surface area contributed by atoms with Gasteiger partial charge in [0.25, 0.3) is 0 Å². The van der Waals surface area contributed by atoms with Gasteiger partial charge in [-0.15, -0.1) is 0 Å². The summed E-state index contributed by atoms with van der Waals surface area (Å²) >= 11 is 0. The largest absolute Gasteiger partial charge is 0.359 e. The van der Waals surface area contributed by atoms with Crippen molar-refractivity contribution in [1.29, 1.82) is 0 Å². The van der Waals surface area contributed by atoms with Crippen molar-refractivity contribution in [3.8, 4) is 0 Å². The van der Waals surface area contributed by atoms with Gasteiger partial charge in [0, 0.05) is 28.9 Å². The topological polar surface area (TPSA) is 55.2 Å². The first-order valence-electron chi connectivity index (χ1n) is 5.12. The predicted octanol–water partition coefficient (Wildman–Crippen LogP) is 3.71. The lowest BCUT2D eigenvalue weighted by atomic mass is 9.93. The van der Waals surface area contributed by atoms with Gasteiger partial charge in [-0.05, 0) is 6.07 Å². The van der Waals surface area contributed by atoms with E-state index in [1.165, 1.54) is 6.07 Å². The number of nitro groups is 1. The number of hydrogen-bond acceptors (Lipinski definition) is 3. The molecule has 1 aromatic rings. The molecule has 1 rings (SSSR count). The first kappa shape index (κ1) is 13.2. The third-order valence-corrected chi connectivity index (χ3v) is 2.34. The fraction of sp³-hybridized carbons (Fsp3) is 0.333. The van der Waals surface area contributed by atoms with Crippen LogP contribution in [0.25, 0.3) is 0 Å². The number of nitrogens with zero attached hydrogens (tertiary/aromatic N) is 1. The molecule has 0 bridgehead atoms. The van der Waals surface area contributed by atoms with Crippen molar-refractivity contribution in [1.82, 2.24) is 0 Å². The molecule has 0 saturated carbocycles. The number of allylic oxidation sites excluding steroid dienone is 1. The Labute approximate surface area is 99.3 Å². The molecule has 0 spiro atoms. The first-order chi connectivity index (χ1) is 7.71. The van der Waals surface area contributed by atoms with Crippen LogP contribution in [0, 0.1) is 21.3 Å². The lowest BCUT2D eigenvalue weighted by Crippen LogP contribution is -2.15. The van der Waals surface area contributed by atoms with Gasteiger partial charge in [-0.25, -0.2) is 0 Å². The molecule has 17 heavy (non-hydrogen) atoms. The standard InChI is InChI=1S/C12H15FN2O2/c1-8(12(2,3)4)14-9-5-6-11(15(16)17)10(13)7-9/h5-7,14H,1H2,2-4H3. The Hall–Kier alpha value is -1.91. The van der Waals surface area contributed by atoms with Gasteiger partial charge in [0.05, 0.1) is 4.92 Å². The van der Waals surface area contributed by atoms with Crippen LogP contribution in [-0.2, 0) is 0 Å². The molecule has 0 aliphatic carbocycles. The zero-order chi connectivity index (χ0) is 13.2.